The second kappa shape index (κ2) is 7.98. The number of benzene rings is 2. The molecule has 0 spiro atoms. The lowest BCUT2D eigenvalue weighted by Crippen LogP contribution is -2.49. The van der Waals surface area contributed by atoms with Crippen LogP contribution in [0, 0.1) is 0 Å². The quantitative estimate of drug-likeness (QED) is 0.653. The van der Waals surface area contributed by atoms with Crippen LogP contribution in [0.3, 0.4) is 0 Å². The molecule has 0 saturated carbocycles. The number of halogens is 1. The van der Waals surface area contributed by atoms with E-state index in [-0.39, 0.29) is 19.1 Å². The lowest BCUT2D eigenvalue weighted by molar-refractivity contribution is -0.123. The second-order valence-electron chi connectivity index (χ2n) is 6.98. The molecule has 0 atom stereocenters. The fraction of sp³-hybridized carbons (Fsp3) is 0.300. The highest BCUT2D eigenvalue weighted by molar-refractivity contribution is 6.30. The summed E-state index contributed by atoms with van der Waals surface area (Å²) in [7, 11) is 0. The van der Waals surface area contributed by atoms with Crippen LogP contribution in [0.15, 0.2) is 48.5 Å². The molecule has 3 N–H and O–H groups in total. The molecule has 1 aromatic heterocycles. The van der Waals surface area contributed by atoms with Gasteiger partial charge < -0.3 is 20.4 Å². The summed E-state index contributed by atoms with van der Waals surface area (Å²) in [6.45, 7) is 4.52. The molecule has 0 unspecified atom stereocenters. The van der Waals surface area contributed by atoms with Gasteiger partial charge in [-0.05, 0) is 50.2 Å². The molecule has 0 bridgehead atoms. The second-order valence-corrected chi connectivity index (χ2v) is 7.42. The van der Waals surface area contributed by atoms with Crippen molar-refractivity contribution in [1.82, 2.24) is 14.9 Å². The van der Waals surface area contributed by atoms with Crippen LogP contribution < -0.4 is 15.8 Å². The molecule has 1 amide bonds. The molecule has 2 aromatic carbocycles. The first-order chi connectivity index (χ1) is 12.9. The Bertz CT molecular complexity index is 935. The molecular weight excluding hydrogens is 364 g/mol. The van der Waals surface area contributed by atoms with Crippen LogP contribution in [0.2, 0.25) is 5.02 Å². The van der Waals surface area contributed by atoms with Gasteiger partial charge in [0.15, 0.2) is 0 Å². The lowest BCUT2D eigenvalue weighted by Gasteiger charge is -2.24. The van der Waals surface area contributed by atoms with E-state index in [0.717, 1.165) is 11.0 Å². The molecule has 27 heavy (non-hydrogen) atoms. The van der Waals surface area contributed by atoms with Gasteiger partial charge in [-0.2, -0.15) is 0 Å². The molecule has 1 heterocycles. The van der Waals surface area contributed by atoms with Gasteiger partial charge in [0.05, 0.1) is 11.0 Å². The Labute approximate surface area is 163 Å². The molecule has 0 fully saturated rings. The number of amides is 1. The van der Waals surface area contributed by atoms with Gasteiger partial charge in [0.25, 0.3) is 0 Å². The number of nitrogens with zero attached hydrogens (tertiary/aromatic N) is 2. The van der Waals surface area contributed by atoms with E-state index in [0.29, 0.717) is 23.1 Å². The number of rotatable bonds is 7. The Morgan fingerprint density at radius 2 is 1.93 bits per heavy atom. The van der Waals surface area contributed by atoms with Gasteiger partial charge in [0, 0.05) is 17.1 Å². The zero-order valence-corrected chi connectivity index (χ0v) is 16.2. The monoisotopic (exact) mass is 386 g/mol. The Balaban J connectivity index is 1.83. The van der Waals surface area contributed by atoms with Gasteiger partial charge in [-0.25, -0.2) is 4.98 Å². The third kappa shape index (κ3) is 4.78. The fourth-order valence-electron chi connectivity index (χ4n) is 2.70. The number of hydrogen-bond donors (Lipinski definition) is 2. The number of aromatic nitrogens is 2. The van der Waals surface area contributed by atoms with Crippen molar-refractivity contribution in [2.24, 2.45) is 5.73 Å². The first-order valence-electron chi connectivity index (χ1n) is 8.71. The molecule has 142 valence electrons. The highest BCUT2D eigenvalue weighted by atomic mass is 35.5. The predicted octanol–water partition coefficient (Wildman–Crippen LogP) is 3.12. The SMILES string of the molecule is CC(C)(CN)NC(=O)Cn1c(COc2ccc(Cl)cc2)nc2ccccc21. The Hall–Kier alpha value is -2.57. The average molecular weight is 387 g/mol. The summed E-state index contributed by atoms with van der Waals surface area (Å²) in [5.74, 6) is 1.24. The summed E-state index contributed by atoms with van der Waals surface area (Å²) in [6.07, 6.45) is 0. The molecule has 3 aromatic rings. The first-order valence-corrected chi connectivity index (χ1v) is 9.09. The van der Waals surface area contributed by atoms with Crippen molar-refractivity contribution in [1.29, 1.82) is 0 Å². The molecule has 3 rings (SSSR count). The summed E-state index contributed by atoms with van der Waals surface area (Å²) < 4.78 is 7.70. The van der Waals surface area contributed by atoms with Crippen molar-refractivity contribution in [3.8, 4) is 5.75 Å². The third-order valence-corrected chi connectivity index (χ3v) is 4.46. The van der Waals surface area contributed by atoms with Crippen LogP contribution in [-0.4, -0.2) is 27.5 Å². The highest BCUT2D eigenvalue weighted by Gasteiger charge is 2.20. The van der Waals surface area contributed by atoms with E-state index in [1.54, 1.807) is 24.3 Å². The van der Waals surface area contributed by atoms with Crippen LogP contribution in [0.1, 0.15) is 19.7 Å². The van der Waals surface area contributed by atoms with Gasteiger partial charge in [-0.3, -0.25) is 4.79 Å². The third-order valence-electron chi connectivity index (χ3n) is 4.21. The van der Waals surface area contributed by atoms with Crippen molar-refractivity contribution in [3.63, 3.8) is 0 Å². The molecule has 7 heteroatoms. The molecular formula is C20H23ClN4O2. The normalized spacial score (nSPS) is 11.6. The van der Waals surface area contributed by atoms with Crippen LogP contribution in [0.4, 0.5) is 0 Å². The molecule has 0 aliphatic carbocycles. The Morgan fingerprint density at radius 3 is 2.63 bits per heavy atom. The lowest BCUT2D eigenvalue weighted by atomic mass is 10.1. The maximum Gasteiger partial charge on any atom is 0.240 e. The van der Waals surface area contributed by atoms with Gasteiger partial charge >= 0.3 is 0 Å². The summed E-state index contributed by atoms with van der Waals surface area (Å²) in [6, 6.07) is 14.8. The van der Waals surface area contributed by atoms with Crippen molar-refractivity contribution in [2.45, 2.75) is 32.5 Å². The minimum atomic E-state index is -0.465. The summed E-state index contributed by atoms with van der Waals surface area (Å²) in [5, 5.41) is 3.60. The number of hydrogen-bond acceptors (Lipinski definition) is 4. The van der Waals surface area contributed by atoms with E-state index in [2.05, 4.69) is 10.3 Å². The Kier molecular flexibility index (Phi) is 5.68. The first kappa shape index (κ1) is 19.2. The molecule has 0 radical (unpaired) electrons. The number of nitrogens with one attached hydrogen (secondary N) is 1. The van der Waals surface area contributed by atoms with E-state index in [9.17, 15) is 4.79 Å². The van der Waals surface area contributed by atoms with Crippen molar-refractivity contribution < 1.29 is 9.53 Å². The largest absolute Gasteiger partial charge is 0.486 e. The summed E-state index contributed by atoms with van der Waals surface area (Å²) in [4.78, 5) is 17.1. The summed E-state index contributed by atoms with van der Waals surface area (Å²) in [5.41, 5.74) is 6.94. The van der Waals surface area contributed by atoms with E-state index < -0.39 is 5.54 Å². The van der Waals surface area contributed by atoms with Crippen molar-refractivity contribution in [3.05, 3.63) is 59.4 Å². The number of nitrogens with two attached hydrogens (primary N) is 1. The van der Waals surface area contributed by atoms with E-state index >= 15 is 0 Å². The van der Waals surface area contributed by atoms with E-state index in [1.807, 2.05) is 42.7 Å². The topological polar surface area (TPSA) is 82.2 Å². The number of fused-ring (bicyclic) bond motifs is 1. The average Bonchev–Trinajstić information content (AvgIpc) is 2.98. The molecule has 0 saturated heterocycles. The van der Waals surface area contributed by atoms with Crippen LogP contribution >= 0.6 is 11.6 Å². The molecule has 6 nitrogen and oxygen atoms in total. The number of carbonyl (C=O) groups is 1. The van der Waals surface area contributed by atoms with Crippen LogP contribution in [0.25, 0.3) is 11.0 Å². The van der Waals surface area contributed by atoms with Gasteiger partial charge in [-0.1, -0.05) is 23.7 Å². The zero-order chi connectivity index (χ0) is 19.4. The van der Waals surface area contributed by atoms with Crippen LogP contribution in [-0.2, 0) is 17.9 Å². The predicted molar refractivity (Wildman–Crippen MR) is 107 cm³/mol. The van der Waals surface area contributed by atoms with Gasteiger partial charge in [0.1, 0.15) is 24.7 Å². The standard InChI is InChI=1S/C20H23ClN4O2/c1-20(2,13-22)24-19(26)11-25-17-6-4-3-5-16(17)23-18(25)12-27-15-9-7-14(21)8-10-15/h3-10H,11-13,22H2,1-2H3,(H,24,26). The molecule has 0 aliphatic rings. The fourth-order valence-corrected chi connectivity index (χ4v) is 2.83. The van der Waals surface area contributed by atoms with Crippen molar-refractivity contribution in [2.75, 3.05) is 6.54 Å². The number of carbonyl (C=O) groups excluding carboxylic acids is 1. The smallest absolute Gasteiger partial charge is 0.240 e. The number of para-hydroxylation sites is 2. The Morgan fingerprint density at radius 1 is 1.22 bits per heavy atom. The molecule has 0 aliphatic heterocycles. The van der Waals surface area contributed by atoms with E-state index in [1.165, 1.54) is 0 Å². The summed E-state index contributed by atoms with van der Waals surface area (Å²) >= 11 is 5.90. The van der Waals surface area contributed by atoms with Crippen LogP contribution in [0.5, 0.6) is 5.75 Å². The maximum atomic E-state index is 12.5. The maximum absolute atomic E-state index is 12.5. The van der Waals surface area contributed by atoms with Crippen molar-refractivity contribution >= 4 is 28.5 Å². The minimum absolute atomic E-state index is 0.124. The minimum Gasteiger partial charge on any atom is -0.486 e. The number of ether oxygens (including phenoxy) is 1. The van der Waals surface area contributed by atoms with Gasteiger partial charge in [0.2, 0.25) is 5.91 Å². The van der Waals surface area contributed by atoms with E-state index in [4.69, 9.17) is 22.1 Å². The zero-order valence-electron chi connectivity index (χ0n) is 15.4. The van der Waals surface area contributed by atoms with Gasteiger partial charge in [-0.15, -0.1) is 0 Å². The number of imidazole rings is 1. The highest BCUT2D eigenvalue weighted by Crippen LogP contribution is 2.20.